The Bertz CT molecular complexity index is 366. The molecule has 0 aliphatic heterocycles. The molecule has 16 heavy (non-hydrogen) atoms. The number of nitrogens with two attached hydrogens (primary N) is 1. The maximum Gasteiger partial charge on any atom is 0.129 e. The molecule has 0 aliphatic rings. The van der Waals surface area contributed by atoms with Gasteiger partial charge in [0, 0.05) is 6.61 Å². The second-order valence-electron chi connectivity index (χ2n) is 3.41. The molecule has 0 saturated heterocycles. The van der Waals surface area contributed by atoms with Crippen LogP contribution in [0.4, 0.5) is 0 Å². The Kier molecular flexibility index (Phi) is 5.22. The number of hydrogen-bond acceptors (Lipinski definition) is 3. The van der Waals surface area contributed by atoms with Crippen LogP contribution in [0.25, 0.3) is 0 Å². The fourth-order valence-electron chi connectivity index (χ4n) is 1.32. The molecule has 0 atom stereocenters. The van der Waals surface area contributed by atoms with Crippen LogP contribution in [0.1, 0.15) is 18.1 Å². The summed E-state index contributed by atoms with van der Waals surface area (Å²) in [6, 6.07) is 5.78. The van der Waals surface area contributed by atoms with Gasteiger partial charge < -0.3 is 15.2 Å². The Hall–Kier alpha value is -1.13. The van der Waals surface area contributed by atoms with Gasteiger partial charge in [-0.05, 0) is 26.0 Å². The summed E-state index contributed by atoms with van der Waals surface area (Å²) in [6.45, 7) is 5.71. The third-order valence-electron chi connectivity index (χ3n) is 2.09. The van der Waals surface area contributed by atoms with Crippen molar-refractivity contribution in [1.29, 1.82) is 0 Å². The van der Waals surface area contributed by atoms with Gasteiger partial charge in [0.2, 0.25) is 0 Å². The van der Waals surface area contributed by atoms with Gasteiger partial charge in [0.1, 0.15) is 17.3 Å². The first-order chi connectivity index (χ1) is 7.65. The van der Waals surface area contributed by atoms with E-state index >= 15 is 0 Å². The Morgan fingerprint density at radius 2 is 2.12 bits per heavy atom. The normalized spacial score (nSPS) is 10.1. The van der Waals surface area contributed by atoms with Gasteiger partial charge in [-0.3, -0.25) is 0 Å². The number of hydrogen-bond donors (Lipinski definition) is 1. The molecule has 1 aromatic carbocycles. The van der Waals surface area contributed by atoms with Crippen LogP contribution in [0.3, 0.4) is 0 Å². The molecule has 1 rings (SSSR count). The highest BCUT2D eigenvalue weighted by molar-refractivity contribution is 7.80. The highest BCUT2D eigenvalue weighted by atomic mass is 32.1. The smallest absolute Gasteiger partial charge is 0.129 e. The number of thiocarbonyl (C=S) groups is 1. The summed E-state index contributed by atoms with van der Waals surface area (Å²) in [5.74, 6) is 0.720. The Morgan fingerprint density at radius 1 is 1.38 bits per heavy atom. The van der Waals surface area contributed by atoms with E-state index in [4.69, 9.17) is 27.4 Å². The quantitative estimate of drug-likeness (QED) is 0.609. The average Bonchev–Trinajstić information content (AvgIpc) is 2.26. The van der Waals surface area contributed by atoms with E-state index in [9.17, 15) is 0 Å². The van der Waals surface area contributed by atoms with E-state index in [1.54, 1.807) is 0 Å². The van der Waals surface area contributed by atoms with Crippen molar-refractivity contribution in [2.24, 2.45) is 5.73 Å². The zero-order valence-corrected chi connectivity index (χ0v) is 10.5. The average molecular weight is 239 g/mol. The van der Waals surface area contributed by atoms with Crippen molar-refractivity contribution >= 4 is 17.2 Å². The largest absolute Gasteiger partial charge is 0.490 e. The lowest BCUT2D eigenvalue weighted by Gasteiger charge is -2.11. The summed E-state index contributed by atoms with van der Waals surface area (Å²) in [5, 5.41) is 0. The minimum atomic E-state index is 0.357. The molecule has 2 N–H and O–H groups in total. The van der Waals surface area contributed by atoms with Gasteiger partial charge in [0.25, 0.3) is 0 Å². The minimum Gasteiger partial charge on any atom is -0.490 e. The van der Waals surface area contributed by atoms with E-state index in [-0.39, 0.29) is 0 Å². The van der Waals surface area contributed by atoms with E-state index in [1.165, 1.54) is 0 Å². The SMILES string of the molecule is CCOCCOc1ccc(C)cc1C(N)=S. The van der Waals surface area contributed by atoms with Crippen molar-refractivity contribution in [1.82, 2.24) is 0 Å². The van der Waals surface area contributed by atoms with Crippen LogP contribution in [0.15, 0.2) is 18.2 Å². The molecule has 4 heteroatoms. The molecule has 88 valence electrons. The molecule has 0 radical (unpaired) electrons. The van der Waals surface area contributed by atoms with Crippen molar-refractivity contribution in [3.8, 4) is 5.75 Å². The topological polar surface area (TPSA) is 44.5 Å². The monoisotopic (exact) mass is 239 g/mol. The Morgan fingerprint density at radius 3 is 2.75 bits per heavy atom. The Balaban J connectivity index is 2.67. The fourth-order valence-corrected chi connectivity index (χ4v) is 1.48. The van der Waals surface area contributed by atoms with Crippen molar-refractivity contribution in [3.63, 3.8) is 0 Å². The molecular formula is C12H17NO2S. The molecule has 0 aromatic heterocycles. The summed E-state index contributed by atoms with van der Waals surface area (Å²) in [4.78, 5) is 0.357. The molecule has 0 saturated carbocycles. The Labute approximate surface area is 102 Å². The van der Waals surface area contributed by atoms with Crippen LogP contribution >= 0.6 is 12.2 Å². The first kappa shape index (κ1) is 12.9. The zero-order chi connectivity index (χ0) is 12.0. The zero-order valence-electron chi connectivity index (χ0n) is 9.66. The highest BCUT2D eigenvalue weighted by Crippen LogP contribution is 2.19. The number of aryl methyl sites for hydroxylation is 1. The predicted molar refractivity (Wildman–Crippen MR) is 69.1 cm³/mol. The van der Waals surface area contributed by atoms with Crippen LogP contribution in [0.5, 0.6) is 5.75 Å². The summed E-state index contributed by atoms with van der Waals surface area (Å²) in [5.41, 5.74) is 7.53. The van der Waals surface area contributed by atoms with E-state index < -0.39 is 0 Å². The number of rotatable bonds is 6. The second kappa shape index (κ2) is 6.45. The third-order valence-corrected chi connectivity index (χ3v) is 2.31. The molecule has 0 bridgehead atoms. The lowest BCUT2D eigenvalue weighted by Crippen LogP contribution is -2.14. The molecular weight excluding hydrogens is 222 g/mol. The van der Waals surface area contributed by atoms with Crippen LogP contribution in [0.2, 0.25) is 0 Å². The van der Waals surface area contributed by atoms with E-state index in [0.29, 0.717) is 24.8 Å². The van der Waals surface area contributed by atoms with Crippen LogP contribution in [-0.2, 0) is 4.74 Å². The molecule has 0 fully saturated rings. The lowest BCUT2D eigenvalue weighted by atomic mass is 10.1. The van der Waals surface area contributed by atoms with Crippen molar-refractivity contribution in [2.75, 3.05) is 19.8 Å². The van der Waals surface area contributed by atoms with Crippen LogP contribution in [-0.4, -0.2) is 24.8 Å². The summed E-state index contributed by atoms with van der Waals surface area (Å²) in [6.07, 6.45) is 0. The number of ether oxygens (including phenoxy) is 2. The van der Waals surface area contributed by atoms with Crippen LogP contribution < -0.4 is 10.5 Å². The molecule has 0 unspecified atom stereocenters. The van der Waals surface area contributed by atoms with E-state index in [1.807, 2.05) is 32.0 Å². The maximum atomic E-state index is 5.63. The highest BCUT2D eigenvalue weighted by Gasteiger charge is 2.06. The van der Waals surface area contributed by atoms with Crippen molar-refractivity contribution < 1.29 is 9.47 Å². The van der Waals surface area contributed by atoms with Gasteiger partial charge in [-0.2, -0.15) is 0 Å². The van der Waals surface area contributed by atoms with Gasteiger partial charge >= 0.3 is 0 Å². The van der Waals surface area contributed by atoms with Gasteiger partial charge in [-0.1, -0.05) is 23.8 Å². The van der Waals surface area contributed by atoms with Gasteiger partial charge in [0.05, 0.1) is 12.2 Å². The van der Waals surface area contributed by atoms with Gasteiger partial charge in [-0.25, -0.2) is 0 Å². The number of benzene rings is 1. The molecule has 0 spiro atoms. The molecule has 0 amide bonds. The summed E-state index contributed by atoms with van der Waals surface area (Å²) >= 11 is 4.98. The summed E-state index contributed by atoms with van der Waals surface area (Å²) < 4.78 is 10.8. The minimum absolute atomic E-state index is 0.357. The predicted octanol–water partition coefficient (Wildman–Crippen LogP) is 2.04. The van der Waals surface area contributed by atoms with E-state index in [0.717, 1.165) is 16.9 Å². The standard InChI is InChI=1S/C12H17NO2S/c1-3-14-6-7-15-11-5-4-9(2)8-10(11)12(13)16/h4-5,8H,3,6-7H2,1-2H3,(H2,13,16). The van der Waals surface area contributed by atoms with Gasteiger partial charge in [-0.15, -0.1) is 0 Å². The first-order valence-corrected chi connectivity index (χ1v) is 5.67. The van der Waals surface area contributed by atoms with Crippen LogP contribution in [0, 0.1) is 6.92 Å². The second-order valence-corrected chi connectivity index (χ2v) is 3.85. The lowest BCUT2D eigenvalue weighted by molar-refractivity contribution is 0.110. The molecule has 1 aromatic rings. The first-order valence-electron chi connectivity index (χ1n) is 5.26. The van der Waals surface area contributed by atoms with E-state index in [2.05, 4.69) is 0 Å². The van der Waals surface area contributed by atoms with Crippen molar-refractivity contribution in [2.45, 2.75) is 13.8 Å². The fraction of sp³-hybridized carbons (Fsp3) is 0.417. The maximum absolute atomic E-state index is 5.63. The summed E-state index contributed by atoms with van der Waals surface area (Å²) in [7, 11) is 0. The van der Waals surface area contributed by atoms with Gasteiger partial charge in [0.15, 0.2) is 0 Å². The third kappa shape index (κ3) is 3.79. The molecule has 3 nitrogen and oxygen atoms in total. The molecule has 0 aliphatic carbocycles. The van der Waals surface area contributed by atoms with Crippen molar-refractivity contribution in [3.05, 3.63) is 29.3 Å². The molecule has 0 heterocycles.